The molecule has 12 aromatic rings. The van der Waals surface area contributed by atoms with Crippen LogP contribution >= 0.6 is 0 Å². The Morgan fingerprint density at radius 3 is 1.71 bits per heavy atom. The average molecular weight is 789 g/mol. The molecular formula is C60H40N2. The van der Waals surface area contributed by atoms with Crippen LogP contribution in [0.4, 0.5) is 17.1 Å². The van der Waals surface area contributed by atoms with Crippen molar-refractivity contribution < 1.29 is 0 Å². The molecule has 0 aliphatic carbocycles. The number of para-hydroxylation sites is 3. The molecule has 12 rings (SSSR count). The van der Waals surface area contributed by atoms with Gasteiger partial charge in [-0.05, 0) is 121 Å². The molecule has 0 N–H and O–H groups in total. The summed E-state index contributed by atoms with van der Waals surface area (Å²) < 4.78 is 2.39. The molecule has 1 heterocycles. The van der Waals surface area contributed by atoms with Gasteiger partial charge in [-0.1, -0.05) is 182 Å². The largest absolute Gasteiger partial charge is 0.310 e. The fourth-order valence-corrected chi connectivity index (χ4v) is 9.72. The third kappa shape index (κ3) is 5.96. The summed E-state index contributed by atoms with van der Waals surface area (Å²) in [5.74, 6) is 0. The molecule has 0 radical (unpaired) electrons. The van der Waals surface area contributed by atoms with E-state index in [0.717, 1.165) is 33.9 Å². The SMILES string of the molecule is c1ccc(-n2c3ccccc3c3c(-c4cccc(-c5ccccc5N(c5ccc(-c6cccc7ccccc67)cc5)c5ccc6c(ccc7ccccc76)c5)c4)cccc32)cc1. The normalized spacial score (nSPS) is 11.5. The van der Waals surface area contributed by atoms with Gasteiger partial charge in [-0.15, -0.1) is 0 Å². The Hall–Kier alpha value is -8.20. The van der Waals surface area contributed by atoms with Crippen LogP contribution in [-0.4, -0.2) is 4.57 Å². The molecule has 1 aromatic heterocycles. The minimum Gasteiger partial charge on any atom is -0.310 e. The fraction of sp³-hybridized carbons (Fsp3) is 0. The summed E-state index contributed by atoms with van der Waals surface area (Å²) in [7, 11) is 0. The summed E-state index contributed by atoms with van der Waals surface area (Å²) in [6.07, 6.45) is 0. The second-order valence-electron chi connectivity index (χ2n) is 16.1. The van der Waals surface area contributed by atoms with Gasteiger partial charge in [0, 0.05) is 33.4 Å². The quantitative estimate of drug-likeness (QED) is 0.146. The number of rotatable bonds is 7. The summed E-state index contributed by atoms with van der Waals surface area (Å²) in [5.41, 5.74) is 14.0. The van der Waals surface area contributed by atoms with E-state index in [1.807, 2.05) is 0 Å². The number of nitrogens with zero attached hydrogens (tertiary/aromatic N) is 2. The van der Waals surface area contributed by atoms with Gasteiger partial charge in [0.1, 0.15) is 0 Å². The lowest BCUT2D eigenvalue weighted by atomic mass is 9.94. The van der Waals surface area contributed by atoms with Crippen LogP contribution in [0, 0.1) is 0 Å². The van der Waals surface area contributed by atoms with Crippen molar-refractivity contribution in [1.82, 2.24) is 4.57 Å². The highest BCUT2D eigenvalue weighted by atomic mass is 15.1. The molecule has 0 spiro atoms. The maximum absolute atomic E-state index is 2.43. The zero-order valence-electron chi connectivity index (χ0n) is 34.0. The van der Waals surface area contributed by atoms with Crippen molar-refractivity contribution >= 4 is 71.2 Å². The van der Waals surface area contributed by atoms with Gasteiger partial charge in [-0.25, -0.2) is 0 Å². The number of fused-ring (bicyclic) bond motifs is 7. The van der Waals surface area contributed by atoms with Crippen molar-refractivity contribution in [2.24, 2.45) is 0 Å². The van der Waals surface area contributed by atoms with Gasteiger partial charge in [0.2, 0.25) is 0 Å². The van der Waals surface area contributed by atoms with Crippen LogP contribution in [-0.2, 0) is 0 Å². The van der Waals surface area contributed by atoms with E-state index in [0.29, 0.717) is 0 Å². The molecule has 2 nitrogen and oxygen atoms in total. The summed E-state index contributed by atoms with van der Waals surface area (Å²) >= 11 is 0. The molecule has 62 heavy (non-hydrogen) atoms. The van der Waals surface area contributed by atoms with Gasteiger partial charge in [-0.3, -0.25) is 0 Å². The summed E-state index contributed by atoms with van der Waals surface area (Å²) in [6.45, 7) is 0. The van der Waals surface area contributed by atoms with Gasteiger partial charge in [0.05, 0.1) is 16.7 Å². The Kier molecular flexibility index (Phi) is 8.53. The van der Waals surface area contributed by atoms with E-state index in [1.54, 1.807) is 0 Å². The maximum Gasteiger partial charge on any atom is 0.0547 e. The van der Waals surface area contributed by atoms with Crippen LogP contribution in [0.15, 0.2) is 243 Å². The van der Waals surface area contributed by atoms with Gasteiger partial charge in [0.25, 0.3) is 0 Å². The number of hydrogen-bond donors (Lipinski definition) is 0. The molecule has 290 valence electrons. The number of anilines is 3. The van der Waals surface area contributed by atoms with E-state index in [4.69, 9.17) is 0 Å². The van der Waals surface area contributed by atoms with E-state index in [9.17, 15) is 0 Å². The highest BCUT2D eigenvalue weighted by Crippen LogP contribution is 2.45. The third-order valence-corrected chi connectivity index (χ3v) is 12.6. The predicted molar refractivity (Wildman–Crippen MR) is 264 cm³/mol. The smallest absolute Gasteiger partial charge is 0.0547 e. The first-order valence-corrected chi connectivity index (χ1v) is 21.3. The number of benzene rings is 11. The van der Waals surface area contributed by atoms with E-state index < -0.39 is 0 Å². The lowest BCUT2D eigenvalue weighted by Crippen LogP contribution is -2.11. The second kappa shape index (κ2) is 14.8. The molecule has 11 aromatic carbocycles. The monoisotopic (exact) mass is 788 g/mol. The Morgan fingerprint density at radius 2 is 0.855 bits per heavy atom. The predicted octanol–water partition coefficient (Wildman–Crippen LogP) is 16.7. The number of hydrogen-bond acceptors (Lipinski definition) is 1. The van der Waals surface area contributed by atoms with Crippen molar-refractivity contribution in [1.29, 1.82) is 0 Å². The van der Waals surface area contributed by atoms with Crippen LogP contribution in [0.25, 0.3) is 93.2 Å². The molecule has 0 aliphatic heterocycles. The van der Waals surface area contributed by atoms with Crippen molar-refractivity contribution in [2.45, 2.75) is 0 Å². The summed E-state index contributed by atoms with van der Waals surface area (Å²) in [6, 6.07) is 88.5. The van der Waals surface area contributed by atoms with Crippen LogP contribution in [0.3, 0.4) is 0 Å². The average Bonchev–Trinajstić information content (AvgIpc) is 3.69. The van der Waals surface area contributed by atoms with Crippen LogP contribution < -0.4 is 4.90 Å². The standard InChI is InChI=1S/C60H40N2/c1-2-20-47(21-3-1)62-58-29-11-9-25-56(58)60-55(27-14-30-59(60)62)45-19-12-18-44(39-45)54-24-8-10-28-57(54)61(49-37-38-53-46(40-49)32-31-42-16-5-7-23-51(42)53)48-35-33-43(34-36-48)52-26-13-17-41-15-4-6-22-50(41)52/h1-40H. The van der Waals surface area contributed by atoms with Gasteiger partial charge in [0.15, 0.2) is 0 Å². The third-order valence-electron chi connectivity index (χ3n) is 12.6. The minimum atomic E-state index is 1.09. The maximum atomic E-state index is 2.43. The zero-order valence-corrected chi connectivity index (χ0v) is 34.0. The molecule has 0 atom stereocenters. The highest BCUT2D eigenvalue weighted by Gasteiger charge is 2.20. The number of aromatic nitrogens is 1. The van der Waals surface area contributed by atoms with E-state index >= 15 is 0 Å². The lowest BCUT2D eigenvalue weighted by Gasteiger charge is -2.28. The molecule has 2 heteroatoms. The topological polar surface area (TPSA) is 8.17 Å². The van der Waals surface area contributed by atoms with Crippen molar-refractivity contribution in [2.75, 3.05) is 4.90 Å². The molecule has 0 saturated heterocycles. The summed E-state index contributed by atoms with van der Waals surface area (Å²) in [5, 5.41) is 9.98. The fourth-order valence-electron chi connectivity index (χ4n) is 9.72. The van der Waals surface area contributed by atoms with E-state index in [-0.39, 0.29) is 0 Å². The van der Waals surface area contributed by atoms with Crippen molar-refractivity contribution in [3.8, 4) is 39.1 Å². The van der Waals surface area contributed by atoms with Crippen molar-refractivity contribution in [3.05, 3.63) is 243 Å². The highest BCUT2D eigenvalue weighted by molar-refractivity contribution is 6.16. The Labute approximate surface area is 360 Å². The van der Waals surface area contributed by atoms with E-state index in [2.05, 4.69) is 252 Å². The molecular weight excluding hydrogens is 749 g/mol. The molecule has 0 bridgehead atoms. The van der Waals surface area contributed by atoms with Crippen LogP contribution in [0.1, 0.15) is 0 Å². The van der Waals surface area contributed by atoms with Crippen molar-refractivity contribution in [3.63, 3.8) is 0 Å². The zero-order chi connectivity index (χ0) is 41.0. The Morgan fingerprint density at radius 1 is 0.290 bits per heavy atom. The molecule has 0 amide bonds. The minimum absolute atomic E-state index is 1.09. The Balaban J connectivity index is 1.02. The Bertz CT molecular complexity index is 3630. The summed E-state index contributed by atoms with van der Waals surface area (Å²) in [4.78, 5) is 2.43. The first kappa shape index (κ1) is 35.7. The first-order valence-electron chi connectivity index (χ1n) is 21.3. The molecule has 0 saturated carbocycles. The van der Waals surface area contributed by atoms with E-state index in [1.165, 1.54) is 76.4 Å². The van der Waals surface area contributed by atoms with Crippen LogP contribution in [0.2, 0.25) is 0 Å². The van der Waals surface area contributed by atoms with Gasteiger partial charge in [-0.2, -0.15) is 0 Å². The molecule has 0 unspecified atom stereocenters. The molecule has 0 fully saturated rings. The van der Waals surface area contributed by atoms with Gasteiger partial charge < -0.3 is 9.47 Å². The molecule has 0 aliphatic rings. The second-order valence-corrected chi connectivity index (χ2v) is 16.1. The first-order chi connectivity index (χ1) is 30.8. The lowest BCUT2D eigenvalue weighted by molar-refractivity contribution is 1.18. The van der Waals surface area contributed by atoms with Crippen LogP contribution in [0.5, 0.6) is 0 Å². The van der Waals surface area contributed by atoms with Gasteiger partial charge >= 0.3 is 0 Å².